The predicted molar refractivity (Wildman–Crippen MR) is 111 cm³/mol. The van der Waals surface area contributed by atoms with Gasteiger partial charge in [-0.1, -0.05) is 13.8 Å². The van der Waals surface area contributed by atoms with Crippen molar-refractivity contribution in [3.8, 4) is 5.75 Å². The summed E-state index contributed by atoms with van der Waals surface area (Å²) in [4.78, 5) is 26.3. The van der Waals surface area contributed by atoms with Crippen LogP contribution in [-0.4, -0.2) is 49.9 Å². The summed E-state index contributed by atoms with van der Waals surface area (Å²) in [5, 5.41) is 0.818. The monoisotopic (exact) mass is 421 g/mol. The molecule has 1 aromatic carbocycles. The number of carbonyl (C=O) groups excluding carboxylic acids is 1. The van der Waals surface area contributed by atoms with Gasteiger partial charge in [0.15, 0.2) is 16.4 Å². The van der Waals surface area contributed by atoms with E-state index < -0.39 is 15.5 Å². The molecule has 1 atom stereocenters. The maximum atomic E-state index is 12.8. The number of aryl methyl sites for hydroxylation is 1. The zero-order valence-electron chi connectivity index (χ0n) is 17.2. The summed E-state index contributed by atoms with van der Waals surface area (Å²) < 4.78 is 34.6. The van der Waals surface area contributed by atoms with Gasteiger partial charge in [-0.3, -0.25) is 4.79 Å². The Bertz CT molecular complexity index is 1090. The molecule has 1 aliphatic heterocycles. The lowest BCUT2D eigenvalue weighted by Gasteiger charge is -2.29. The molecule has 0 bridgehead atoms. The van der Waals surface area contributed by atoms with Crippen molar-refractivity contribution in [1.82, 2.24) is 4.90 Å². The van der Waals surface area contributed by atoms with Gasteiger partial charge in [0.1, 0.15) is 11.3 Å². The average molecular weight is 422 g/mol. The van der Waals surface area contributed by atoms with Crippen LogP contribution >= 0.6 is 0 Å². The van der Waals surface area contributed by atoms with Crippen LogP contribution < -0.4 is 10.4 Å². The number of ether oxygens (including phenoxy) is 1. The molecule has 0 N–H and O–H groups in total. The van der Waals surface area contributed by atoms with Crippen molar-refractivity contribution in [3.05, 3.63) is 39.7 Å². The van der Waals surface area contributed by atoms with E-state index in [4.69, 9.17) is 9.15 Å². The minimum absolute atomic E-state index is 0.00518. The zero-order chi connectivity index (χ0) is 21.3. The van der Waals surface area contributed by atoms with Crippen LogP contribution in [0.15, 0.2) is 27.4 Å². The molecule has 2 heterocycles. The maximum absolute atomic E-state index is 12.8. The summed E-state index contributed by atoms with van der Waals surface area (Å²) in [6, 6.07) is 4.83. The average Bonchev–Trinajstić information content (AvgIpc) is 3.01. The summed E-state index contributed by atoms with van der Waals surface area (Å²) in [6.45, 7) is 7.83. The first-order chi connectivity index (χ1) is 13.6. The van der Waals surface area contributed by atoms with Gasteiger partial charge in [-0.25, -0.2) is 13.2 Å². The van der Waals surface area contributed by atoms with Gasteiger partial charge >= 0.3 is 5.63 Å². The molecule has 1 fully saturated rings. The Morgan fingerprint density at radius 2 is 2.00 bits per heavy atom. The van der Waals surface area contributed by atoms with Crippen LogP contribution in [-0.2, 0) is 14.6 Å². The molecular formula is C21H27NO6S. The standard InChI is InChI=1S/C21H27NO6S/c1-13(2)10-22(16-7-8-29(25,26)12-16)20(23)11-27-17-5-6-18-14(3)15(4)21(24)28-19(18)9-17/h5-6,9,13,16H,7-8,10-12H2,1-4H3/t16-/m0/s1. The highest BCUT2D eigenvalue weighted by molar-refractivity contribution is 7.91. The highest BCUT2D eigenvalue weighted by Gasteiger charge is 2.35. The minimum Gasteiger partial charge on any atom is -0.484 e. The van der Waals surface area contributed by atoms with Crippen LogP contribution in [0, 0.1) is 19.8 Å². The zero-order valence-corrected chi connectivity index (χ0v) is 18.0. The first kappa shape index (κ1) is 21.4. The third-order valence-electron chi connectivity index (χ3n) is 5.32. The fourth-order valence-corrected chi connectivity index (χ4v) is 5.35. The second-order valence-electron chi connectivity index (χ2n) is 8.08. The molecule has 8 heteroatoms. The number of nitrogens with zero attached hydrogens (tertiary/aromatic N) is 1. The number of fused-ring (bicyclic) bond motifs is 1. The molecule has 29 heavy (non-hydrogen) atoms. The second kappa shape index (κ2) is 8.18. The molecule has 1 amide bonds. The molecular weight excluding hydrogens is 394 g/mol. The molecule has 3 rings (SSSR count). The van der Waals surface area contributed by atoms with Gasteiger partial charge in [-0.15, -0.1) is 0 Å². The summed E-state index contributed by atoms with van der Waals surface area (Å²) in [7, 11) is -3.09. The molecule has 1 saturated heterocycles. The fourth-order valence-electron chi connectivity index (χ4n) is 3.62. The van der Waals surface area contributed by atoms with Crippen LogP contribution in [0.4, 0.5) is 0 Å². The van der Waals surface area contributed by atoms with Crippen molar-refractivity contribution >= 4 is 26.7 Å². The van der Waals surface area contributed by atoms with E-state index in [2.05, 4.69) is 0 Å². The van der Waals surface area contributed by atoms with Crippen LogP contribution in [0.5, 0.6) is 5.75 Å². The Morgan fingerprint density at radius 3 is 2.62 bits per heavy atom. The predicted octanol–water partition coefficient (Wildman–Crippen LogP) is 2.46. The summed E-state index contributed by atoms with van der Waals surface area (Å²) in [5.74, 6) is 0.500. The number of amides is 1. The lowest BCUT2D eigenvalue weighted by molar-refractivity contribution is -0.135. The van der Waals surface area contributed by atoms with Gasteiger partial charge in [0.25, 0.3) is 5.91 Å². The third kappa shape index (κ3) is 4.80. The molecule has 1 aliphatic rings. The molecule has 158 valence electrons. The van der Waals surface area contributed by atoms with E-state index in [-0.39, 0.29) is 36.0 Å². The Balaban J connectivity index is 1.75. The maximum Gasteiger partial charge on any atom is 0.339 e. The Labute approximate surface area is 170 Å². The number of benzene rings is 1. The SMILES string of the molecule is Cc1c(C)c2ccc(OCC(=O)N(CC(C)C)[C@H]3CCS(=O)(=O)C3)cc2oc1=O. The molecule has 1 aromatic heterocycles. The third-order valence-corrected chi connectivity index (χ3v) is 7.07. The van der Waals surface area contributed by atoms with Crippen LogP contribution in [0.2, 0.25) is 0 Å². The highest BCUT2D eigenvalue weighted by Crippen LogP contribution is 2.24. The van der Waals surface area contributed by atoms with E-state index in [0.29, 0.717) is 29.9 Å². The number of sulfone groups is 1. The van der Waals surface area contributed by atoms with Crippen molar-refractivity contribution in [2.75, 3.05) is 24.7 Å². The van der Waals surface area contributed by atoms with E-state index in [1.165, 1.54) is 0 Å². The molecule has 0 spiro atoms. The number of hydrogen-bond acceptors (Lipinski definition) is 6. The van der Waals surface area contributed by atoms with Gasteiger partial charge in [-0.2, -0.15) is 0 Å². The van der Waals surface area contributed by atoms with Crippen molar-refractivity contribution in [2.24, 2.45) is 5.92 Å². The van der Waals surface area contributed by atoms with E-state index >= 15 is 0 Å². The highest BCUT2D eigenvalue weighted by atomic mass is 32.2. The van der Waals surface area contributed by atoms with Gasteiger partial charge in [0.2, 0.25) is 0 Å². The van der Waals surface area contributed by atoms with Gasteiger partial charge in [0.05, 0.1) is 11.5 Å². The smallest absolute Gasteiger partial charge is 0.339 e. The molecule has 0 radical (unpaired) electrons. The van der Waals surface area contributed by atoms with Gasteiger partial charge in [-0.05, 0) is 43.9 Å². The van der Waals surface area contributed by atoms with E-state index in [0.717, 1.165) is 10.9 Å². The Hall–Kier alpha value is -2.35. The normalized spacial score (nSPS) is 18.3. The quantitative estimate of drug-likeness (QED) is 0.665. The number of rotatable bonds is 6. The Morgan fingerprint density at radius 1 is 1.28 bits per heavy atom. The van der Waals surface area contributed by atoms with E-state index in [9.17, 15) is 18.0 Å². The summed E-state index contributed by atoms with van der Waals surface area (Å²) >= 11 is 0. The molecule has 7 nitrogen and oxygen atoms in total. The fraction of sp³-hybridized carbons (Fsp3) is 0.524. The van der Waals surface area contributed by atoms with Gasteiger partial charge in [0, 0.05) is 29.6 Å². The molecule has 2 aromatic rings. The molecule has 0 aliphatic carbocycles. The van der Waals surface area contributed by atoms with Crippen LogP contribution in [0.25, 0.3) is 11.0 Å². The largest absolute Gasteiger partial charge is 0.484 e. The first-order valence-electron chi connectivity index (χ1n) is 9.74. The van der Waals surface area contributed by atoms with Crippen molar-refractivity contribution in [2.45, 2.75) is 40.2 Å². The van der Waals surface area contributed by atoms with Crippen LogP contribution in [0.1, 0.15) is 31.4 Å². The van der Waals surface area contributed by atoms with Gasteiger partial charge < -0.3 is 14.1 Å². The van der Waals surface area contributed by atoms with Crippen molar-refractivity contribution in [3.63, 3.8) is 0 Å². The first-order valence-corrected chi connectivity index (χ1v) is 11.6. The minimum atomic E-state index is -3.09. The summed E-state index contributed by atoms with van der Waals surface area (Å²) in [6.07, 6.45) is 0.459. The van der Waals surface area contributed by atoms with E-state index in [1.807, 2.05) is 20.8 Å². The number of hydrogen-bond donors (Lipinski definition) is 0. The molecule has 0 unspecified atom stereocenters. The molecule has 0 saturated carbocycles. The lowest BCUT2D eigenvalue weighted by Crippen LogP contribution is -2.45. The summed E-state index contributed by atoms with van der Waals surface area (Å²) in [5.41, 5.74) is 1.43. The van der Waals surface area contributed by atoms with E-state index in [1.54, 1.807) is 30.0 Å². The Kier molecular flexibility index (Phi) is 6.03. The lowest BCUT2D eigenvalue weighted by atomic mass is 10.1. The topological polar surface area (TPSA) is 93.9 Å². The van der Waals surface area contributed by atoms with Crippen LogP contribution in [0.3, 0.4) is 0 Å². The van der Waals surface area contributed by atoms with Crippen molar-refractivity contribution in [1.29, 1.82) is 0 Å². The number of carbonyl (C=O) groups is 1. The van der Waals surface area contributed by atoms with Crippen molar-refractivity contribution < 1.29 is 22.4 Å². The second-order valence-corrected chi connectivity index (χ2v) is 10.3.